The minimum absolute atomic E-state index is 0.0530. The summed E-state index contributed by atoms with van der Waals surface area (Å²) in [5, 5.41) is 12.0. The van der Waals surface area contributed by atoms with Crippen LogP contribution in [0.25, 0.3) is 0 Å². The first-order valence-corrected chi connectivity index (χ1v) is 10.3. The molecule has 1 unspecified atom stereocenters. The molecule has 0 aromatic heterocycles. The Morgan fingerprint density at radius 3 is 2.29 bits per heavy atom. The topological polar surface area (TPSA) is 96.8 Å². The number of carbonyl (C=O) groups excluding carboxylic acids is 3. The molecular weight excluding hydrogens is 408 g/mol. The van der Waals surface area contributed by atoms with Gasteiger partial charge in [0.2, 0.25) is 11.8 Å². The number of nitrogens with one attached hydrogen (secondary N) is 1. The van der Waals surface area contributed by atoms with Gasteiger partial charge in [-0.25, -0.2) is 8.78 Å². The average molecular weight is 433 g/mol. The Balaban J connectivity index is 1.38. The summed E-state index contributed by atoms with van der Waals surface area (Å²) in [6.45, 7) is 2.22. The molecule has 0 radical (unpaired) electrons. The summed E-state index contributed by atoms with van der Waals surface area (Å²) in [6, 6.07) is 4.47. The fraction of sp³-hybridized carbons (Fsp3) is 0.524. The lowest BCUT2D eigenvalue weighted by Crippen LogP contribution is -2.51. The number of piperazine rings is 1. The van der Waals surface area contributed by atoms with Gasteiger partial charge in [-0.05, 0) is 25.0 Å². The fourth-order valence-corrected chi connectivity index (χ4v) is 3.87. The third-order valence-electron chi connectivity index (χ3n) is 5.54. The van der Waals surface area contributed by atoms with E-state index in [0.717, 1.165) is 18.6 Å². The second kappa shape index (κ2) is 10.3. The maximum Gasteiger partial charge on any atom is 0.254 e. The number of rotatable bonds is 6. The van der Waals surface area contributed by atoms with Crippen molar-refractivity contribution in [2.45, 2.75) is 25.3 Å². The molecule has 2 heterocycles. The van der Waals surface area contributed by atoms with Crippen molar-refractivity contribution in [2.75, 3.05) is 45.8 Å². The van der Waals surface area contributed by atoms with Crippen LogP contribution in [0.2, 0.25) is 0 Å². The van der Waals surface area contributed by atoms with E-state index in [1.165, 1.54) is 4.90 Å². The van der Waals surface area contributed by atoms with Crippen molar-refractivity contribution >= 4 is 17.7 Å². The largest absolute Gasteiger partial charge is 0.339 e. The number of hydrogen-bond donors (Lipinski definition) is 1. The highest BCUT2D eigenvalue weighted by molar-refractivity contribution is 5.94. The molecular formula is C21H25F2N5O3. The SMILES string of the molecule is N#CC1CCCN1C(=O)CNCCC(=O)N1CCN(C(=O)c2cc(F)cc(F)c2)CC1. The van der Waals surface area contributed by atoms with Crippen LogP contribution in [0.4, 0.5) is 8.78 Å². The number of amides is 3. The van der Waals surface area contributed by atoms with Gasteiger partial charge in [0.15, 0.2) is 0 Å². The smallest absolute Gasteiger partial charge is 0.254 e. The molecule has 1 N–H and O–H groups in total. The predicted octanol–water partition coefficient (Wildman–Crippen LogP) is 0.743. The molecule has 2 aliphatic rings. The molecule has 10 heteroatoms. The quantitative estimate of drug-likeness (QED) is 0.668. The van der Waals surface area contributed by atoms with E-state index in [-0.39, 0.29) is 49.5 Å². The number of nitrogens with zero attached hydrogens (tertiary/aromatic N) is 4. The lowest BCUT2D eigenvalue weighted by atomic mass is 10.1. The summed E-state index contributed by atoms with van der Waals surface area (Å²) >= 11 is 0. The van der Waals surface area contributed by atoms with Crippen molar-refractivity contribution in [1.82, 2.24) is 20.0 Å². The van der Waals surface area contributed by atoms with Crippen molar-refractivity contribution in [3.63, 3.8) is 0 Å². The van der Waals surface area contributed by atoms with Crippen molar-refractivity contribution in [1.29, 1.82) is 5.26 Å². The lowest BCUT2D eigenvalue weighted by Gasteiger charge is -2.35. The monoisotopic (exact) mass is 433 g/mol. The van der Waals surface area contributed by atoms with E-state index in [1.807, 2.05) is 0 Å². The maximum absolute atomic E-state index is 13.3. The Kier molecular flexibility index (Phi) is 7.52. The molecule has 8 nitrogen and oxygen atoms in total. The molecule has 31 heavy (non-hydrogen) atoms. The van der Waals surface area contributed by atoms with Gasteiger partial charge >= 0.3 is 0 Å². The molecule has 2 fully saturated rings. The molecule has 1 aromatic rings. The van der Waals surface area contributed by atoms with Gasteiger partial charge in [-0.15, -0.1) is 0 Å². The third kappa shape index (κ3) is 5.76. The molecule has 0 saturated carbocycles. The Bertz CT molecular complexity index is 860. The first-order chi connectivity index (χ1) is 14.9. The van der Waals surface area contributed by atoms with Crippen LogP contribution in [0.5, 0.6) is 0 Å². The molecule has 166 valence electrons. The number of carbonyl (C=O) groups is 3. The first-order valence-electron chi connectivity index (χ1n) is 10.3. The van der Waals surface area contributed by atoms with Gasteiger partial charge in [0.25, 0.3) is 5.91 Å². The summed E-state index contributed by atoms with van der Waals surface area (Å²) in [6.07, 6.45) is 1.73. The summed E-state index contributed by atoms with van der Waals surface area (Å²) in [5.41, 5.74) is -0.0530. The van der Waals surface area contributed by atoms with E-state index in [1.54, 1.807) is 9.80 Å². The molecule has 2 saturated heterocycles. The van der Waals surface area contributed by atoms with E-state index in [0.29, 0.717) is 38.7 Å². The summed E-state index contributed by atoms with van der Waals surface area (Å²) in [5.74, 6) is -2.33. The van der Waals surface area contributed by atoms with Gasteiger partial charge in [-0.2, -0.15) is 5.26 Å². The third-order valence-corrected chi connectivity index (χ3v) is 5.54. The molecule has 0 bridgehead atoms. The van der Waals surface area contributed by atoms with Crippen LogP contribution >= 0.6 is 0 Å². The van der Waals surface area contributed by atoms with Crippen LogP contribution in [0, 0.1) is 23.0 Å². The average Bonchev–Trinajstić information content (AvgIpc) is 3.24. The zero-order chi connectivity index (χ0) is 22.4. The van der Waals surface area contributed by atoms with Crippen molar-refractivity contribution < 1.29 is 23.2 Å². The van der Waals surface area contributed by atoms with Gasteiger partial charge in [0, 0.05) is 57.3 Å². The van der Waals surface area contributed by atoms with E-state index in [4.69, 9.17) is 5.26 Å². The predicted molar refractivity (Wildman–Crippen MR) is 107 cm³/mol. The lowest BCUT2D eigenvalue weighted by molar-refractivity contribution is -0.133. The van der Waals surface area contributed by atoms with E-state index < -0.39 is 17.5 Å². The number of likely N-dealkylation sites (tertiary alicyclic amines) is 1. The highest BCUT2D eigenvalue weighted by Gasteiger charge is 2.28. The highest BCUT2D eigenvalue weighted by atomic mass is 19.1. The van der Waals surface area contributed by atoms with Crippen LogP contribution < -0.4 is 5.32 Å². The van der Waals surface area contributed by atoms with Crippen LogP contribution in [-0.2, 0) is 9.59 Å². The number of halogens is 2. The van der Waals surface area contributed by atoms with Crippen molar-refractivity contribution in [3.8, 4) is 6.07 Å². The zero-order valence-corrected chi connectivity index (χ0v) is 17.1. The number of nitriles is 1. The Morgan fingerprint density at radius 2 is 1.65 bits per heavy atom. The Labute approximate surface area is 179 Å². The zero-order valence-electron chi connectivity index (χ0n) is 17.1. The molecule has 1 aromatic carbocycles. The first kappa shape index (κ1) is 22.6. The molecule has 3 amide bonds. The van der Waals surface area contributed by atoms with E-state index >= 15 is 0 Å². The minimum Gasteiger partial charge on any atom is -0.339 e. The highest BCUT2D eigenvalue weighted by Crippen LogP contribution is 2.16. The molecule has 0 spiro atoms. The summed E-state index contributed by atoms with van der Waals surface area (Å²) in [7, 11) is 0. The van der Waals surface area contributed by atoms with Crippen molar-refractivity contribution in [2.24, 2.45) is 0 Å². The Morgan fingerprint density at radius 1 is 1.00 bits per heavy atom. The van der Waals surface area contributed by atoms with E-state index in [9.17, 15) is 23.2 Å². The summed E-state index contributed by atoms with van der Waals surface area (Å²) in [4.78, 5) is 41.6. The van der Waals surface area contributed by atoms with Crippen LogP contribution in [0.15, 0.2) is 18.2 Å². The van der Waals surface area contributed by atoms with Gasteiger partial charge in [0.1, 0.15) is 17.7 Å². The molecule has 3 rings (SSSR count). The van der Waals surface area contributed by atoms with Crippen LogP contribution in [0.3, 0.4) is 0 Å². The number of hydrogen-bond acceptors (Lipinski definition) is 5. The summed E-state index contributed by atoms with van der Waals surface area (Å²) < 4.78 is 26.7. The second-order valence-electron chi connectivity index (χ2n) is 7.63. The standard InChI is InChI=1S/C21H25F2N5O3/c22-16-10-15(11-17(23)12-16)21(31)27-8-6-26(7-9-27)19(29)3-4-25-14-20(30)28-5-1-2-18(28)13-24/h10-12,18,25H,1-9,14H2. The molecule has 0 aliphatic carbocycles. The van der Waals surface area contributed by atoms with Gasteiger partial charge in [0.05, 0.1) is 12.6 Å². The van der Waals surface area contributed by atoms with Gasteiger partial charge < -0.3 is 20.0 Å². The van der Waals surface area contributed by atoms with Gasteiger partial charge in [-0.3, -0.25) is 14.4 Å². The normalized spacial score (nSPS) is 18.7. The fourth-order valence-electron chi connectivity index (χ4n) is 3.87. The minimum atomic E-state index is -0.809. The van der Waals surface area contributed by atoms with E-state index in [2.05, 4.69) is 11.4 Å². The second-order valence-corrected chi connectivity index (χ2v) is 7.63. The maximum atomic E-state index is 13.3. The van der Waals surface area contributed by atoms with Crippen LogP contribution in [-0.4, -0.2) is 84.3 Å². The van der Waals surface area contributed by atoms with Crippen LogP contribution in [0.1, 0.15) is 29.6 Å². The van der Waals surface area contributed by atoms with Crippen molar-refractivity contribution in [3.05, 3.63) is 35.4 Å². The number of benzene rings is 1. The molecule has 2 aliphatic heterocycles. The molecule has 1 atom stereocenters. The van der Waals surface area contributed by atoms with Gasteiger partial charge in [-0.1, -0.05) is 0 Å². The Hall–Kier alpha value is -3.06.